The third-order valence-corrected chi connectivity index (χ3v) is 1.54. The van der Waals surface area contributed by atoms with Crippen molar-refractivity contribution in [3.05, 3.63) is 12.2 Å². The number of nitrogens with zero attached hydrogens (tertiary/aromatic N) is 2. The Morgan fingerprint density at radius 1 is 1.07 bits per heavy atom. The molecule has 2 aliphatic heterocycles. The first-order valence-electron chi connectivity index (χ1n) is 3.93. The van der Waals surface area contributed by atoms with Crippen LogP contribution in [0.5, 0.6) is 0 Å². The van der Waals surface area contributed by atoms with Gasteiger partial charge in [-0.05, 0) is 0 Å². The minimum absolute atomic E-state index is 0.255. The smallest absolute Gasteiger partial charge is 0.338 e. The van der Waals surface area contributed by atoms with Gasteiger partial charge in [-0.3, -0.25) is 4.79 Å². The van der Waals surface area contributed by atoms with Crippen LogP contribution in [0.3, 0.4) is 0 Å². The molecule has 76 valence electrons. The van der Waals surface area contributed by atoms with Gasteiger partial charge in [0.05, 0.1) is 0 Å². The molecule has 0 aliphatic carbocycles. The minimum Gasteiger partial charge on any atom is -0.400 e. The summed E-state index contributed by atoms with van der Waals surface area (Å²) in [6, 6.07) is -0.283. The Kier molecular flexibility index (Phi) is 2.13. The molecule has 0 N–H and O–H groups in total. The van der Waals surface area contributed by atoms with E-state index in [0.717, 1.165) is 12.2 Å². The van der Waals surface area contributed by atoms with Gasteiger partial charge < -0.3 is 9.47 Å². The van der Waals surface area contributed by atoms with Gasteiger partial charge in [0.15, 0.2) is 0 Å². The first kappa shape index (κ1) is 9.25. The number of carbonyl (C=O) groups excluding carboxylic acids is 3. The molecule has 2 bridgehead atoms. The molecule has 0 aromatic rings. The molecule has 7 heteroatoms. The van der Waals surface area contributed by atoms with Crippen LogP contribution < -0.4 is 0 Å². The summed E-state index contributed by atoms with van der Waals surface area (Å²) in [4.78, 5) is 40.1. The number of ether oxygens (including phenoxy) is 2. The Morgan fingerprint density at radius 3 is 2.47 bits per heavy atom. The number of carbonyl (C=O) groups is 3. The van der Waals surface area contributed by atoms with E-state index < -0.39 is 23.6 Å². The van der Waals surface area contributed by atoms with Crippen LogP contribution in [0.1, 0.15) is 0 Å². The molecule has 2 rings (SSSR count). The molecular weight excluding hydrogens is 204 g/mol. The van der Waals surface area contributed by atoms with E-state index in [-0.39, 0.29) is 12.6 Å². The maximum absolute atomic E-state index is 11.1. The largest absolute Gasteiger partial charge is 0.400 e. The lowest BCUT2D eigenvalue weighted by atomic mass is 10.4. The molecular formula is C8H4N2O5. The molecule has 0 unspecified atom stereocenters. The van der Waals surface area contributed by atoms with Crippen LogP contribution in [0, 0.1) is 0 Å². The maximum atomic E-state index is 11.1. The lowest BCUT2D eigenvalue weighted by molar-refractivity contribution is -0.132. The summed E-state index contributed by atoms with van der Waals surface area (Å²) >= 11 is 0. The first-order chi connectivity index (χ1) is 7.15. The molecule has 7 nitrogen and oxygen atoms in total. The fraction of sp³-hybridized carbons (Fsp3) is 0.125. The number of aliphatic imine (C=N–C) groups is 2. The maximum Gasteiger partial charge on any atom is 0.338 e. The van der Waals surface area contributed by atoms with Gasteiger partial charge in [-0.25, -0.2) is 14.6 Å². The zero-order valence-electron chi connectivity index (χ0n) is 7.30. The molecule has 15 heavy (non-hydrogen) atoms. The average molecular weight is 208 g/mol. The van der Waals surface area contributed by atoms with Crippen molar-refractivity contribution in [1.29, 1.82) is 0 Å². The van der Waals surface area contributed by atoms with Gasteiger partial charge in [-0.1, -0.05) is 0 Å². The Labute approximate surface area is 83.1 Å². The molecule has 2 heterocycles. The second kappa shape index (κ2) is 3.45. The lowest BCUT2D eigenvalue weighted by Crippen LogP contribution is -2.28. The highest BCUT2D eigenvalue weighted by Crippen LogP contribution is 2.03. The summed E-state index contributed by atoms with van der Waals surface area (Å²) in [5.41, 5.74) is 0. The van der Waals surface area contributed by atoms with E-state index in [0.29, 0.717) is 0 Å². The fourth-order valence-electron chi connectivity index (χ4n) is 0.916. The average Bonchev–Trinajstić information content (AvgIpc) is 2.24. The van der Waals surface area contributed by atoms with Crippen molar-refractivity contribution >= 4 is 29.6 Å². The molecule has 0 spiro atoms. The highest BCUT2D eigenvalue weighted by atomic mass is 16.6. The summed E-state index contributed by atoms with van der Waals surface area (Å²) < 4.78 is 9.16. The lowest BCUT2D eigenvalue weighted by Gasteiger charge is -2.07. The van der Waals surface area contributed by atoms with Gasteiger partial charge in [0, 0.05) is 12.2 Å². The van der Waals surface area contributed by atoms with Crippen LogP contribution in [0.25, 0.3) is 0 Å². The highest BCUT2D eigenvalue weighted by Gasteiger charge is 2.24. The summed E-state index contributed by atoms with van der Waals surface area (Å²) in [5.74, 6) is -2.62. The van der Waals surface area contributed by atoms with Crippen LogP contribution in [0.15, 0.2) is 22.1 Å². The van der Waals surface area contributed by atoms with Crippen LogP contribution >= 0.6 is 0 Å². The predicted molar refractivity (Wildman–Crippen MR) is 46.1 cm³/mol. The van der Waals surface area contributed by atoms with Crippen molar-refractivity contribution in [3.63, 3.8) is 0 Å². The van der Waals surface area contributed by atoms with Crippen molar-refractivity contribution in [1.82, 2.24) is 0 Å². The van der Waals surface area contributed by atoms with E-state index in [4.69, 9.17) is 0 Å². The zero-order chi connectivity index (χ0) is 10.8. The van der Waals surface area contributed by atoms with Crippen molar-refractivity contribution in [2.24, 2.45) is 9.98 Å². The second-order valence-corrected chi connectivity index (χ2v) is 2.61. The van der Waals surface area contributed by atoms with Crippen LogP contribution in [-0.4, -0.2) is 36.2 Å². The first-order valence-corrected chi connectivity index (χ1v) is 3.93. The number of rotatable bonds is 0. The molecule has 0 saturated heterocycles. The molecule has 0 radical (unpaired) electrons. The van der Waals surface area contributed by atoms with Crippen molar-refractivity contribution < 1.29 is 23.9 Å². The highest BCUT2D eigenvalue weighted by molar-refractivity contribution is 6.41. The van der Waals surface area contributed by atoms with E-state index >= 15 is 0 Å². The summed E-state index contributed by atoms with van der Waals surface area (Å²) in [6.07, 6.45) is 1.71. The molecule has 0 atom stereocenters. The standard InChI is InChI=1S/C8H4N2O5/c11-4-3-9-8-10-7(4)14-5(12)1-2-6(13)15-8/h1-2H,3H2/b2-1+. The Hall–Kier alpha value is -2.31. The molecule has 0 fully saturated rings. The summed E-state index contributed by atoms with van der Waals surface area (Å²) in [7, 11) is 0. The zero-order valence-corrected chi connectivity index (χ0v) is 7.30. The molecule has 0 aromatic heterocycles. The third kappa shape index (κ3) is 1.96. The molecule has 0 saturated carbocycles. The minimum atomic E-state index is -0.859. The summed E-state index contributed by atoms with van der Waals surface area (Å²) in [6.45, 7) is -0.255. The third-order valence-electron chi connectivity index (χ3n) is 1.54. The quantitative estimate of drug-likeness (QED) is 0.475. The van der Waals surface area contributed by atoms with Crippen molar-refractivity contribution in [2.75, 3.05) is 6.54 Å². The van der Waals surface area contributed by atoms with Gasteiger partial charge in [-0.2, -0.15) is 4.99 Å². The summed E-state index contributed by atoms with van der Waals surface area (Å²) in [5, 5.41) is 0. The van der Waals surface area contributed by atoms with Crippen molar-refractivity contribution in [3.8, 4) is 0 Å². The molecule has 2 aliphatic rings. The van der Waals surface area contributed by atoms with Crippen LogP contribution in [0.2, 0.25) is 0 Å². The van der Waals surface area contributed by atoms with Gasteiger partial charge in [-0.15, -0.1) is 0 Å². The number of ketones is 1. The number of hydrogen-bond donors (Lipinski definition) is 0. The Bertz CT molecular complexity index is 446. The Balaban J connectivity index is 2.38. The van der Waals surface area contributed by atoms with Crippen LogP contribution in [-0.2, 0) is 23.9 Å². The van der Waals surface area contributed by atoms with Gasteiger partial charge in [0.25, 0.3) is 5.90 Å². The number of amidine groups is 1. The van der Waals surface area contributed by atoms with E-state index in [1.165, 1.54) is 0 Å². The topological polar surface area (TPSA) is 94.4 Å². The molecule has 0 aromatic carbocycles. The molecule has 0 amide bonds. The van der Waals surface area contributed by atoms with Crippen molar-refractivity contribution in [2.45, 2.75) is 0 Å². The van der Waals surface area contributed by atoms with Gasteiger partial charge >= 0.3 is 18.0 Å². The van der Waals surface area contributed by atoms with E-state index in [9.17, 15) is 14.4 Å². The predicted octanol–water partition coefficient (Wildman–Crippen LogP) is -1.02. The number of hydrogen-bond acceptors (Lipinski definition) is 7. The number of fused-ring (bicyclic) bond motifs is 1. The number of esters is 2. The Morgan fingerprint density at radius 2 is 1.73 bits per heavy atom. The van der Waals surface area contributed by atoms with Crippen LogP contribution in [0.4, 0.5) is 0 Å². The van der Waals surface area contributed by atoms with Gasteiger partial charge in [0.2, 0.25) is 5.78 Å². The fourth-order valence-corrected chi connectivity index (χ4v) is 0.916. The number of Topliss-reactive ketones (excluding diaryl/α,β-unsaturated/α-hetero) is 1. The van der Waals surface area contributed by atoms with E-state index in [2.05, 4.69) is 19.5 Å². The SMILES string of the molecule is O=C1/C=C/C(=O)OC2=NC(=NCC2=O)O1. The van der Waals surface area contributed by atoms with E-state index in [1.54, 1.807) is 0 Å². The monoisotopic (exact) mass is 208 g/mol. The van der Waals surface area contributed by atoms with Gasteiger partial charge in [0.1, 0.15) is 6.54 Å². The second-order valence-electron chi connectivity index (χ2n) is 2.61. The van der Waals surface area contributed by atoms with E-state index in [1.807, 2.05) is 0 Å². The normalized spacial score (nSPS) is 22.5.